The Morgan fingerprint density at radius 1 is 1.45 bits per heavy atom. The fourth-order valence-electron chi connectivity index (χ4n) is 3.17. The maximum atomic E-state index is 10.9. The van der Waals surface area contributed by atoms with E-state index in [4.69, 9.17) is 0 Å². The lowest BCUT2D eigenvalue weighted by molar-refractivity contribution is -0.384. The minimum absolute atomic E-state index is 0.178. The number of benzene rings is 1. The van der Waals surface area contributed by atoms with Crippen LogP contribution < -0.4 is 5.32 Å². The summed E-state index contributed by atoms with van der Waals surface area (Å²) in [6, 6.07) is 7.21. The van der Waals surface area contributed by atoms with Crippen molar-refractivity contribution in [3.8, 4) is 0 Å². The fourth-order valence-corrected chi connectivity index (χ4v) is 3.17. The highest BCUT2D eigenvalue weighted by Gasteiger charge is 2.24. The molecule has 1 aliphatic rings. The minimum atomic E-state index is -0.324. The van der Waals surface area contributed by atoms with Gasteiger partial charge in [0.15, 0.2) is 0 Å². The van der Waals surface area contributed by atoms with E-state index in [1.807, 2.05) is 6.07 Å². The normalized spacial score (nSPS) is 23.7. The predicted octanol–water partition coefficient (Wildman–Crippen LogP) is 4.07. The van der Waals surface area contributed by atoms with Gasteiger partial charge in [-0.2, -0.15) is 0 Å². The minimum Gasteiger partial charge on any atom is -0.310 e. The van der Waals surface area contributed by atoms with Crippen LogP contribution in [0.15, 0.2) is 24.3 Å². The van der Waals surface area contributed by atoms with Crippen molar-refractivity contribution >= 4 is 5.69 Å². The molecule has 0 spiro atoms. The number of nitro benzene ring substituents is 1. The number of nitrogens with zero attached hydrogens (tertiary/aromatic N) is 1. The Morgan fingerprint density at radius 3 is 2.85 bits per heavy atom. The highest BCUT2D eigenvalue weighted by Crippen LogP contribution is 2.31. The molecule has 0 aromatic heterocycles. The Hall–Kier alpha value is -1.42. The Bertz CT molecular complexity index is 462. The second-order valence-corrected chi connectivity index (χ2v) is 5.89. The predicted molar refractivity (Wildman–Crippen MR) is 80.6 cm³/mol. The maximum absolute atomic E-state index is 10.9. The van der Waals surface area contributed by atoms with Gasteiger partial charge in [-0.15, -0.1) is 0 Å². The number of hydrogen-bond acceptors (Lipinski definition) is 3. The smallest absolute Gasteiger partial charge is 0.269 e. The summed E-state index contributed by atoms with van der Waals surface area (Å²) in [5.41, 5.74) is 1.20. The van der Waals surface area contributed by atoms with Crippen molar-refractivity contribution in [3.05, 3.63) is 39.9 Å². The summed E-state index contributed by atoms with van der Waals surface area (Å²) in [6.07, 6.45) is 4.92. The van der Waals surface area contributed by atoms with E-state index in [2.05, 4.69) is 19.2 Å². The second kappa shape index (κ2) is 6.84. The molecular formula is C16H24N2O2. The molecule has 1 fully saturated rings. The zero-order chi connectivity index (χ0) is 14.5. The molecule has 0 saturated heterocycles. The van der Waals surface area contributed by atoms with E-state index in [1.54, 1.807) is 18.2 Å². The molecule has 0 amide bonds. The molecule has 0 bridgehead atoms. The first-order valence-electron chi connectivity index (χ1n) is 7.59. The number of non-ortho nitro benzene ring substituents is 1. The van der Waals surface area contributed by atoms with Crippen molar-refractivity contribution in [1.29, 1.82) is 0 Å². The number of hydrogen-bond donors (Lipinski definition) is 1. The van der Waals surface area contributed by atoms with Crippen molar-refractivity contribution in [2.45, 2.75) is 45.6 Å². The number of nitrogens with one attached hydrogen (secondary N) is 1. The molecule has 1 saturated carbocycles. The molecular weight excluding hydrogens is 252 g/mol. The average molecular weight is 276 g/mol. The molecule has 110 valence electrons. The van der Waals surface area contributed by atoms with Crippen LogP contribution in [-0.4, -0.2) is 11.5 Å². The van der Waals surface area contributed by atoms with E-state index < -0.39 is 0 Å². The zero-order valence-corrected chi connectivity index (χ0v) is 12.3. The lowest BCUT2D eigenvalue weighted by atomic mass is 9.96. The lowest BCUT2D eigenvalue weighted by Gasteiger charge is -2.22. The van der Waals surface area contributed by atoms with Crippen molar-refractivity contribution in [2.24, 2.45) is 11.8 Å². The van der Waals surface area contributed by atoms with Gasteiger partial charge in [0.25, 0.3) is 5.69 Å². The van der Waals surface area contributed by atoms with Gasteiger partial charge in [0.2, 0.25) is 0 Å². The van der Waals surface area contributed by atoms with Crippen LogP contribution in [0, 0.1) is 22.0 Å². The summed E-state index contributed by atoms with van der Waals surface area (Å²) in [6.45, 7) is 5.46. The monoisotopic (exact) mass is 276 g/mol. The van der Waals surface area contributed by atoms with Gasteiger partial charge in [-0.1, -0.05) is 38.8 Å². The SMILES string of the molecule is CCC(NCC1CCCC1C)c1cccc([N+](=O)[O-])c1. The third-order valence-electron chi connectivity index (χ3n) is 4.56. The molecule has 4 heteroatoms. The van der Waals surface area contributed by atoms with E-state index >= 15 is 0 Å². The second-order valence-electron chi connectivity index (χ2n) is 5.89. The van der Waals surface area contributed by atoms with Crippen molar-refractivity contribution < 1.29 is 4.92 Å². The summed E-state index contributed by atoms with van der Waals surface area (Å²) < 4.78 is 0. The van der Waals surface area contributed by atoms with Gasteiger partial charge in [-0.25, -0.2) is 0 Å². The van der Waals surface area contributed by atoms with Gasteiger partial charge in [-0.3, -0.25) is 10.1 Å². The highest BCUT2D eigenvalue weighted by atomic mass is 16.6. The molecule has 20 heavy (non-hydrogen) atoms. The molecule has 4 nitrogen and oxygen atoms in total. The topological polar surface area (TPSA) is 55.2 Å². The van der Waals surface area contributed by atoms with Gasteiger partial charge in [-0.05, 0) is 36.8 Å². The third kappa shape index (κ3) is 3.57. The summed E-state index contributed by atoms with van der Waals surface area (Å²) in [5, 5.41) is 14.5. The Morgan fingerprint density at radius 2 is 2.25 bits per heavy atom. The average Bonchev–Trinajstić information content (AvgIpc) is 2.85. The molecule has 0 heterocycles. The van der Waals surface area contributed by atoms with E-state index in [-0.39, 0.29) is 16.7 Å². The summed E-state index contributed by atoms with van der Waals surface area (Å²) >= 11 is 0. The molecule has 3 atom stereocenters. The highest BCUT2D eigenvalue weighted by molar-refractivity contribution is 5.35. The molecule has 1 aliphatic carbocycles. The van der Waals surface area contributed by atoms with Gasteiger partial charge >= 0.3 is 0 Å². The standard InChI is InChI=1S/C16H24N2O2/c1-3-16(17-11-14-8-4-6-12(14)2)13-7-5-9-15(10-13)18(19)20/h5,7,9-10,12,14,16-17H,3-4,6,8,11H2,1-2H3. The first-order chi connectivity index (χ1) is 9.61. The Kier molecular flexibility index (Phi) is 5.12. The molecule has 0 radical (unpaired) electrons. The quantitative estimate of drug-likeness (QED) is 0.629. The van der Waals surface area contributed by atoms with Crippen LogP contribution in [-0.2, 0) is 0 Å². The van der Waals surface area contributed by atoms with Crippen LogP contribution in [0.25, 0.3) is 0 Å². The first kappa shape index (κ1) is 15.0. The van der Waals surface area contributed by atoms with Crippen molar-refractivity contribution in [2.75, 3.05) is 6.54 Å². The van der Waals surface area contributed by atoms with Crippen LogP contribution in [0.3, 0.4) is 0 Å². The van der Waals surface area contributed by atoms with Gasteiger partial charge in [0.1, 0.15) is 0 Å². The molecule has 1 aromatic rings. The molecule has 3 unspecified atom stereocenters. The number of nitro groups is 1. The summed E-state index contributed by atoms with van der Waals surface area (Å²) in [4.78, 5) is 10.5. The van der Waals surface area contributed by atoms with E-state index in [1.165, 1.54) is 19.3 Å². The summed E-state index contributed by atoms with van der Waals surface area (Å²) in [7, 11) is 0. The Labute approximate surface area is 120 Å². The first-order valence-corrected chi connectivity index (χ1v) is 7.59. The fraction of sp³-hybridized carbons (Fsp3) is 0.625. The van der Waals surface area contributed by atoms with Gasteiger partial charge in [0, 0.05) is 18.2 Å². The van der Waals surface area contributed by atoms with Crippen LogP contribution in [0.4, 0.5) is 5.69 Å². The van der Waals surface area contributed by atoms with E-state index in [9.17, 15) is 10.1 Å². The van der Waals surface area contributed by atoms with Gasteiger partial charge in [0.05, 0.1) is 4.92 Å². The molecule has 1 N–H and O–H groups in total. The van der Waals surface area contributed by atoms with Crippen molar-refractivity contribution in [3.63, 3.8) is 0 Å². The summed E-state index contributed by atoms with van der Waals surface area (Å²) in [5.74, 6) is 1.55. The lowest BCUT2D eigenvalue weighted by Crippen LogP contribution is -2.28. The maximum Gasteiger partial charge on any atom is 0.269 e. The largest absolute Gasteiger partial charge is 0.310 e. The zero-order valence-electron chi connectivity index (χ0n) is 12.3. The Balaban J connectivity index is 2.00. The van der Waals surface area contributed by atoms with E-state index in [0.717, 1.165) is 30.4 Å². The third-order valence-corrected chi connectivity index (χ3v) is 4.56. The van der Waals surface area contributed by atoms with Gasteiger partial charge < -0.3 is 5.32 Å². The number of rotatable bonds is 6. The van der Waals surface area contributed by atoms with E-state index in [0.29, 0.717) is 0 Å². The van der Waals surface area contributed by atoms with Crippen LogP contribution in [0.5, 0.6) is 0 Å². The van der Waals surface area contributed by atoms with Crippen LogP contribution >= 0.6 is 0 Å². The molecule has 0 aliphatic heterocycles. The molecule has 1 aromatic carbocycles. The van der Waals surface area contributed by atoms with Crippen LogP contribution in [0.1, 0.15) is 51.1 Å². The molecule has 2 rings (SSSR count). The van der Waals surface area contributed by atoms with Crippen molar-refractivity contribution in [1.82, 2.24) is 5.32 Å². The van der Waals surface area contributed by atoms with Crippen LogP contribution in [0.2, 0.25) is 0 Å².